The maximum atomic E-state index is 6.17. The number of anilines is 1. The summed E-state index contributed by atoms with van der Waals surface area (Å²) >= 11 is 0. The third-order valence-electron chi connectivity index (χ3n) is 4.27. The monoisotopic (exact) mass is 258 g/mol. The lowest BCUT2D eigenvalue weighted by molar-refractivity contribution is 0.162. The third-order valence-corrected chi connectivity index (χ3v) is 4.27. The molecule has 1 aromatic heterocycles. The number of nitrogens with two attached hydrogens (primary N) is 1. The number of nitrogen functional groups attached to an aromatic ring is 1. The van der Waals surface area contributed by atoms with Crippen molar-refractivity contribution in [1.29, 1.82) is 0 Å². The fourth-order valence-electron chi connectivity index (χ4n) is 3.30. The van der Waals surface area contributed by atoms with Gasteiger partial charge in [0.25, 0.3) is 0 Å². The molecule has 0 spiro atoms. The Hall–Kier alpha value is -1.55. The van der Waals surface area contributed by atoms with E-state index in [-0.39, 0.29) is 0 Å². The minimum absolute atomic E-state index is 0.461. The van der Waals surface area contributed by atoms with Crippen molar-refractivity contribution >= 4 is 17.0 Å². The van der Waals surface area contributed by atoms with Crippen molar-refractivity contribution in [2.24, 2.45) is 5.92 Å². The molecule has 3 rings (SSSR count). The third kappa shape index (κ3) is 2.10. The number of nitrogens with zero attached hydrogens (tertiary/aromatic N) is 3. The van der Waals surface area contributed by atoms with Crippen LogP contribution in [0.1, 0.15) is 24.9 Å². The summed E-state index contributed by atoms with van der Waals surface area (Å²) in [5.74, 6) is 1.25. The topological polar surface area (TPSA) is 47.1 Å². The van der Waals surface area contributed by atoms with Crippen molar-refractivity contribution in [2.45, 2.75) is 26.3 Å². The number of piperidine rings is 1. The Morgan fingerprint density at radius 3 is 2.89 bits per heavy atom. The molecule has 0 aliphatic carbocycles. The molecular formula is C15H22N4. The molecule has 1 saturated heterocycles. The molecule has 0 bridgehead atoms. The van der Waals surface area contributed by atoms with Gasteiger partial charge >= 0.3 is 0 Å². The zero-order chi connectivity index (χ0) is 13.6. The number of hydrogen-bond acceptors (Lipinski definition) is 3. The van der Waals surface area contributed by atoms with Crippen LogP contribution in [0.15, 0.2) is 18.2 Å². The van der Waals surface area contributed by atoms with Gasteiger partial charge in [-0.1, -0.05) is 13.0 Å². The van der Waals surface area contributed by atoms with Crippen molar-refractivity contribution in [1.82, 2.24) is 14.5 Å². The SMILES string of the molecule is Cc1ccc2nc(N)n(C3CCN(C)CC3C)c2c1. The fourth-order valence-corrected chi connectivity index (χ4v) is 3.30. The smallest absolute Gasteiger partial charge is 0.201 e. The lowest BCUT2D eigenvalue weighted by atomic mass is 9.93. The van der Waals surface area contributed by atoms with Gasteiger partial charge in [0.15, 0.2) is 0 Å². The lowest BCUT2D eigenvalue weighted by Crippen LogP contribution is -2.38. The molecule has 1 aliphatic rings. The van der Waals surface area contributed by atoms with Crippen LogP contribution in [0.3, 0.4) is 0 Å². The normalized spacial score (nSPS) is 25.0. The summed E-state index contributed by atoms with van der Waals surface area (Å²) in [6, 6.07) is 6.82. The van der Waals surface area contributed by atoms with Crippen LogP contribution in [-0.4, -0.2) is 34.6 Å². The van der Waals surface area contributed by atoms with E-state index in [2.05, 4.69) is 53.5 Å². The maximum absolute atomic E-state index is 6.17. The second kappa shape index (κ2) is 4.53. The largest absolute Gasteiger partial charge is 0.369 e. The number of hydrogen-bond donors (Lipinski definition) is 1. The quantitative estimate of drug-likeness (QED) is 0.854. The first-order valence-electron chi connectivity index (χ1n) is 6.99. The number of aromatic nitrogens is 2. The van der Waals surface area contributed by atoms with E-state index in [1.54, 1.807) is 0 Å². The van der Waals surface area contributed by atoms with E-state index < -0.39 is 0 Å². The first-order chi connectivity index (χ1) is 9.06. The van der Waals surface area contributed by atoms with Gasteiger partial charge in [-0.2, -0.15) is 0 Å². The summed E-state index contributed by atoms with van der Waals surface area (Å²) in [6.45, 7) is 6.67. The lowest BCUT2D eigenvalue weighted by Gasteiger charge is -2.36. The molecule has 102 valence electrons. The van der Waals surface area contributed by atoms with E-state index in [0.29, 0.717) is 17.9 Å². The van der Waals surface area contributed by atoms with Gasteiger partial charge in [-0.25, -0.2) is 4.98 Å². The maximum Gasteiger partial charge on any atom is 0.201 e. The van der Waals surface area contributed by atoms with Gasteiger partial charge < -0.3 is 15.2 Å². The molecule has 2 atom stereocenters. The highest BCUT2D eigenvalue weighted by molar-refractivity contribution is 5.79. The summed E-state index contributed by atoms with van der Waals surface area (Å²) < 4.78 is 2.25. The molecule has 2 heterocycles. The standard InChI is InChI=1S/C15H22N4/c1-10-4-5-12-14(8-10)19(15(16)17-12)13-6-7-18(3)9-11(13)2/h4-5,8,11,13H,6-7,9H2,1-3H3,(H2,16,17). The first kappa shape index (κ1) is 12.5. The van der Waals surface area contributed by atoms with E-state index >= 15 is 0 Å². The molecule has 19 heavy (non-hydrogen) atoms. The molecule has 1 aromatic carbocycles. The van der Waals surface area contributed by atoms with Crippen LogP contribution in [0.5, 0.6) is 0 Å². The molecule has 0 saturated carbocycles. The highest BCUT2D eigenvalue weighted by Gasteiger charge is 2.28. The summed E-state index contributed by atoms with van der Waals surface area (Å²) in [7, 11) is 2.19. The van der Waals surface area contributed by atoms with Crippen molar-refractivity contribution in [3.05, 3.63) is 23.8 Å². The molecule has 4 heteroatoms. The Morgan fingerprint density at radius 2 is 2.16 bits per heavy atom. The van der Waals surface area contributed by atoms with Gasteiger partial charge in [-0.15, -0.1) is 0 Å². The minimum atomic E-state index is 0.461. The van der Waals surface area contributed by atoms with Gasteiger partial charge in [0.1, 0.15) is 0 Å². The molecule has 0 radical (unpaired) electrons. The molecular weight excluding hydrogens is 236 g/mol. The molecule has 4 nitrogen and oxygen atoms in total. The highest BCUT2D eigenvalue weighted by Crippen LogP contribution is 2.33. The highest BCUT2D eigenvalue weighted by atomic mass is 15.2. The van der Waals surface area contributed by atoms with Crippen LogP contribution in [0.4, 0.5) is 5.95 Å². The second-order valence-electron chi connectivity index (χ2n) is 5.93. The zero-order valence-corrected chi connectivity index (χ0v) is 11.9. The number of fused-ring (bicyclic) bond motifs is 1. The predicted octanol–water partition coefficient (Wildman–Crippen LogP) is 2.44. The minimum Gasteiger partial charge on any atom is -0.369 e. The van der Waals surface area contributed by atoms with Crippen molar-refractivity contribution in [3.63, 3.8) is 0 Å². The van der Waals surface area contributed by atoms with Crippen LogP contribution in [0.25, 0.3) is 11.0 Å². The van der Waals surface area contributed by atoms with Crippen LogP contribution in [0.2, 0.25) is 0 Å². The Bertz CT molecular complexity index is 601. The molecule has 2 aromatic rings. The van der Waals surface area contributed by atoms with E-state index in [1.165, 1.54) is 11.1 Å². The van der Waals surface area contributed by atoms with Crippen LogP contribution in [0, 0.1) is 12.8 Å². The van der Waals surface area contributed by atoms with E-state index in [4.69, 9.17) is 5.73 Å². The predicted molar refractivity (Wildman–Crippen MR) is 79.2 cm³/mol. The van der Waals surface area contributed by atoms with Gasteiger partial charge in [0.05, 0.1) is 11.0 Å². The van der Waals surface area contributed by atoms with Crippen LogP contribution < -0.4 is 5.73 Å². The summed E-state index contributed by atoms with van der Waals surface area (Å²) in [6.07, 6.45) is 1.14. The summed E-state index contributed by atoms with van der Waals surface area (Å²) in [5, 5.41) is 0. The van der Waals surface area contributed by atoms with Gasteiger partial charge in [-0.05, 0) is 50.6 Å². The average molecular weight is 258 g/mol. The van der Waals surface area contributed by atoms with Gasteiger partial charge in [-0.3, -0.25) is 0 Å². The van der Waals surface area contributed by atoms with Gasteiger partial charge in [0, 0.05) is 12.6 Å². The number of benzene rings is 1. The number of likely N-dealkylation sites (tertiary alicyclic amines) is 1. The van der Waals surface area contributed by atoms with Crippen molar-refractivity contribution < 1.29 is 0 Å². The summed E-state index contributed by atoms with van der Waals surface area (Å²) in [4.78, 5) is 6.90. The Balaban J connectivity index is 2.09. The van der Waals surface area contributed by atoms with Gasteiger partial charge in [0.2, 0.25) is 5.95 Å². The number of rotatable bonds is 1. The van der Waals surface area contributed by atoms with E-state index in [1.807, 2.05) is 0 Å². The summed E-state index contributed by atoms with van der Waals surface area (Å²) in [5.41, 5.74) is 9.62. The number of imidazole rings is 1. The molecule has 1 fully saturated rings. The molecule has 1 aliphatic heterocycles. The molecule has 2 N–H and O–H groups in total. The first-order valence-corrected chi connectivity index (χ1v) is 6.99. The molecule has 0 amide bonds. The number of aryl methyl sites for hydroxylation is 1. The van der Waals surface area contributed by atoms with Crippen LogP contribution >= 0.6 is 0 Å². The van der Waals surface area contributed by atoms with Crippen molar-refractivity contribution in [2.75, 3.05) is 25.9 Å². The Morgan fingerprint density at radius 1 is 1.37 bits per heavy atom. The van der Waals surface area contributed by atoms with E-state index in [0.717, 1.165) is 25.0 Å². The van der Waals surface area contributed by atoms with Crippen LogP contribution in [-0.2, 0) is 0 Å². The zero-order valence-electron chi connectivity index (χ0n) is 11.9. The average Bonchev–Trinajstić information content (AvgIpc) is 2.65. The van der Waals surface area contributed by atoms with Crippen molar-refractivity contribution in [3.8, 4) is 0 Å². The fraction of sp³-hybridized carbons (Fsp3) is 0.533. The van der Waals surface area contributed by atoms with E-state index in [9.17, 15) is 0 Å². The Kier molecular flexibility index (Phi) is 2.97. The molecule has 2 unspecified atom stereocenters. The second-order valence-corrected chi connectivity index (χ2v) is 5.93. The Labute approximate surface area is 114 Å².